The van der Waals surface area contributed by atoms with Gasteiger partial charge < -0.3 is 15.4 Å². The van der Waals surface area contributed by atoms with Crippen LogP contribution in [0.25, 0.3) is 0 Å². The second kappa shape index (κ2) is 5.97. The van der Waals surface area contributed by atoms with E-state index in [2.05, 4.69) is 0 Å². The lowest BCUT2D eigenvalue weighted by molar-refractivity contribution is 0.0827. The number of anilines is 1. The molecule has 21 heavy (non-hydrogen) atoms. The highest BCUT2D eigenvalue weighted by atomic mass is 16.5. The summed E-state index contributed by atoms with van der Waals surface area (Å²) in [7, 11) is 3.36. The van der Waals surface area contributed by atoms with Crippen molar-refractivity contribution in [2.45, 2.75) is 0 Å². The van der Waals surface area contributed by atoms with Crippen molar-refractivity contribution in [2.75, 3.05) is 19.8 Å². The Kier molecular flexibility index (Phi) is 4.10. The molecule has 0 aromatic heterocycles. The molecule has 0 saturated carbocycles. The van der Waals surface area contributed by atoms with Crippen LogP contribution < -0.4 is 10.5 Å². The largest absolute Gasteiger partial charge is 0.455 e. The van der Waals surface area contributed by atoms with Crippen LogP contribution in [0.4, 0.5) is 5.69 Å². The fraction of sp³-hybridized carbons (Fsp3) is 0.125. The monoisotopic (exact) mass is 281 g/mol. The van der Waals surface area contributed by atoms with Gasteiger partial charge in [-0.2, -0.15) is 5.26 Å². The van der Waals surface area contributed by atoms with Crippen LogP contribution in [0.15, 0.2) is 42.5 Å². The van der Waals surface area contributed by atoms with E-state index in [1.807, 2.05) is 6.07 Å². The predicted octanol–water partition coefficient (Wildman–Crippen LogP) is 2.63. The van der Waals surface area contributed by atoms with E-state index in [0.29, 0.717) is 28.3 Å². The van der Waals surface area contributed by atoms with Crippen LogP contribution in [0.5, 0.6) is 11.5 Å². The lowest BCUT2D eigenvalue weighted by Crippen LogP contribution is -2.21. The van der Waals surface area contributed by atoms with Crippen molar-refractivity contribution in [3.8, 4) is 17.6 Å². The van der Waals surface area contributed by atoms with Crippen LogP contribution in [0.2, 0.25) is 0 Å². The molecule has 0 aliphatic heterocycles. The van der Waals surface area contributed by atoms with Gasteiger partial charge in [-0.1, -0.05) is 0 Å². The number of nitrogen functional groups attached to an aromatic ring is 1. The molecule has 0 saturated heterocycles. The Bertz CT molecular complexity index is 700. The molecule has 5 heteroatoms. The number of hydrogen-bond acceptors (Lipinski definition) is 4. The molecule has 0 atom stereocenters. The molecule has 2 rings (SSSR count). The van der Waals surface area contributed by atoms with Crippen molar-refractivity contribution in [1.29, 1.82) is 5.26 Å². The summed E-state index contributed by atoms with van der Waals surface area (Å²) in [6.45, 7) is 0. The number of nitrogens with zero attached hydrogens (tertiary/aromatic N) is 2. The van der Waals surface area contributed by atoms with Gasteiger partial charge in [0.05, 0.1) is 17.3 Å². The fourth-order valence-corrected chi connectivity index (χ4v) is 1.74. The second-order valence-electron chi connectivity index (χ2n) is 4.69. The summed E-state index contributed by atoms with van der Waals surface area (Å²) in [5, 5.41) is 8.76. The van der Waals surface area contributed by atoms with E-state index < -0.39 is 0 Å². The van der Waals surface area contributed by atoms with Crippen LogP contribution in [0, 0.1) is 11.3 Å². The fourth-order valence-electron chi connectivity index (χ4n) is 1.74. The van der Waals surface area contributed by atoms with Gasteiger partial charge in [-0.15, -0.1) is 0 Å². The van der Waals surface area contributed by atoms with Crippen molar-refractivity contribution < 1.29 is 9.53 Å². The lowest BCUT2D eigenvalue weighted by Gasteiger charge is -2.13. The highest BCUT2D eigenvalue weighted by Crippen LogP contribution is 2.28. The minimum atomic E-state index is -0.125. The summed E-state index contributed by atoms with van der Waals surface area (Å²) in [5.74, 6) is 0.835. The summed E-state index contributed by atoms with van der Waals surface area (Å²) >= 11 is 0. The topological polar surface area (TPSA) is 79.3 Å². The molecule has 0 fully saturated rings. The zero-order valence-corrected chi connectivity index (χ0v) is 11.8. The number of carbonyl (C=O) groups excluding carboxylic acids is 1. The van der Waals surface area contributed by atoms with Gasteiger partial charge in [0.25, 0.3) is 5.91 Å². The van der Waals surface area contributed by atoms with Crippen molar-refractivity contribution in [1.82, 2.24) is 4.90 Å². The lowest BCUT2D eigenvalue weighted by atomic mass is 10.1. The summed E-state index contributed by atoms with van der Waals surface area (Å²) in [4.78, 5) is 13.4. The van der Waals surface area contributed by atoms with Crippen molar-refractivity contribution in [3.63, 3.8) is 0 Å². The molecule has 2 aromatic rings. The Morgan fingerprint density at radius 1 is 1.19 bits per heavy atom. The Morgan fingerprint density at radius 2 is 1.86 bits per heavy atom. The smallest absolute Gasteiger partial charge is 0.253 e. The van der Waals surface area contributed by atoms with Crippen LogP contribution in [0.1, 0.15) is 15.9 Å². The molecule has 0 radical (unpaired) electrons. The summed E-state index contributed by atoms with van der Waals surface area (Å²) < 4.78 is 5.67. The van der Waals surface area contributed by atoms with Crippen molar-refractivity contribution in [2.24, 2.45) is 0 Å². The molecule has 0 spiro atoms. The molecule has 1 amide bonds. The molecular formula is C16H15N3O2. The zero-order chi connectivity index (χ0) is 15.4. The minimum Gasteiger partial charge on any atom is -0.455 e. The summed E-state index contributed by atoms with van der Waals surface area (Å²) in [6, 6.07) is 13.6. The number of nitriles is 1. The maximum atomic E-state index is 11.9. The van der Waals surface area contributed by atoms with Gasteiger partial charge in [-0.05, 0) is 42.5 Å². The first-order valence-corrected chi connectivity index (χ1v) is 6.30. The van der Waals surface area contributed by atoms with Crippen LogP contribution in [-0.4, -0.2) is 24.9 Å². The zero-order valence-electron chi connectivity index (χ0n) is 11.8. The maximum absolute atomic E-state index is 11.9. The molecule has 0 aliphatic carbocycles. The van der Waals surface area contributed by atoms with Gasteiger partial charge in [-0.25, -0.2) is 0 Å². The van der Waals surface area contributed by atoms with Gasteiger partial charge in [0, 0.05) is 19.7 Å². The molecule has 0 aliphatic rings. The first kappa shape index (κ1) is 14.4. The van der Waals surface area contributed by atoms with Gasteiger partial charge >= 0.3 is 0 Å². The molecule has 2 N–H and O–H groups in total. The van der Waals surface area contributed by atoms with E-state index in [1.54, 1.807) is 56.6 Å². The van der Waals surface area contributed by atoms with E-state index in [-0.39, 0.29) is 5.91 Å². The van der Waals surface area contributed by atoms with Gasteiger partial charge in [0.1, 0.15) is 5.75 Å². The summed E-state index contributed by atoms with van der Waals surface area (Å²) in [6.07, 6.45) is 0. The number of rotatable bonds is 3. The Morgan fingerprint density at radius 3 is 2.43 bits per heavy atom. The third-order valence-corrected chi connectivity index (χ3v) is 2.88. The van der Waals surface area contributed by atoms with E-state index in [9.17, 15) is 4.79 Å². The molecule has 106 valence electrons. The van der Waals surface area contributed by atoms with Crippen LogP contribution in [-0.2, 0) is 0 Å². The molecule has 0 bridgehead atoms. The van der Waals surface area contributed by atoms with E-state index in [0.717, 1.165) is 0 Å². The Balaban J connectivity index is 2.28. The number of hydrogen-bond donors (Lipinski definition) is 1. The predicted molar refractivity (Wildman–Crippen MR) is 80.1 cm³/mol. The average molecular weight is 281 g/mol. The molecule has 5 nitrogen and oxygen atoms in total. The molecular weight excluding hydrogens is 266 g/mol. The Labute approximate surface area is 123 Å². The SMILES string of the molecule is CN(C)C(=O)c1ccc(N)c(Oc2ccc(C#N)cc2)c1. The number of carbonyl (C=O) groups is 1. The van der Waals surface area contributed by atoms with Crippen LogP contribution in [0.3, 0.4) is 0 Å². The molecule has 2 aromatic carbocycles. The van der Waals surface area contributed by atoms with Gasteiger partial charge in [-0.3, -0.25) is 4.79 Å². The van der Waals surface area contributed by atoms with Crippen LogP contribution >= 0.6 is 0 Å². The van der Waals surface area contributed by atoms with E-state index in [1.165, 1.54) is 4.90 Å². The third kappa shape index (κ3) is 3.31. The normalized spacial score (nSPS) is 9.76. The van der Waals surface area contributed by atoms with E-state index in [4.69, 9.17) is 15.7 Å². The number of benzene rings is 2. The average Bonchev–Trinajstić information content (AvgIpc) is 2.49. The highest BCUT2D eigenvalue weighted by Gasteiger charge is 2.11. The number of nitrogens with two attached hydrogens (primary N) is 1. The first-order chi connectivity index (χ1) is 10.0. The number of amides is 1. The number of ether oxygens (including phenoxy) is 1. The Hall–Kier alpha value is -3.00. The maximum Gasteiger partial charge on any atom is 0.253 e. The summed E-state index contributed by atoms with van der Waals surface area (Å²) in [5.41, 5.74) is 7.35. The molecule has 0 heterocycles. The quantitative estimate of drug-likeness (QED) is 0.877. The standard InChI is InChI=1S/C16H15N3O2/c1-19(2)16(20)12-5-8-14(18)15(9-12)21-13-6-3-11(10-17)4-7-13/h3-9H,18H2,1-2H3. The third-order valence-electron chi connectivity index (χ3n) is 2.88. The molecule has 0 unspecified atom stereocenters. The highest BCUT2D eigenvalue weighted by molar-refractivity contribution is 5.94. The first-order valence-electron chi connectivity index (χ1n) is 6.30. The second-order valence-corrected chi connectivity index (χ2v) is 4.69. The minimum absolute atomic E-state index is 0.125. The van der Waals surface area contributed by atoms with Gasteiger partial charge in [0.2, 0.25) is 0 Å². The van der Waals surface area contributed by atoms with Gasteiger partial charge in [0.15, 0.2) is 5.75 Å². The van der Waals surface area contributed by atoms with Crippen molar-refractivity contribution in [3.05, 3.63) is 53.6 Å². The van der Waals surface area contributed by atoms with Crippen molar-refractivity contribution >= 4 is 11.6 Å². The van der Waals surface area contributed by atoms with E-state index >= 15 is 0 Å².